The van der Waals surface area contributed by atoms with Gasteiger partial charge in [-0.2, -0.15) is 0 Å². The number of nitrogens with one attached hydrogen (secondary N) is 1. The molecule has 0 radical (unpaired) electrons. The molecule has 2 heterocycles. The Labute approximate surface area is 315 Å². The highest BCUT2D eigenvalue weighted by atomic mass is 15.0. The van der Waals surface area contributed by atoms with Crippen LogP contribution in [0.15, 0.2) is 170 Å². The van der Waals surface area contributed by atoms with Gasteiger partial charge in [-0.3, -0.25) is 0 Å². The van der Waals surface area contributed by atoms with Crippen LogP contribution in [0.2, 0.25) is 0 Å². The topological polar surface area (TPSA) is 17.0 Å². The van der Waals surface area contributed by atoms with E-state index >= 15 is 0 Å². The molecule has 1 N–H and O–H groups in total. The molecule has 11 rings (SSSR count). The van der Waals surface area contributed by atoms with Gasteiger partial charge < -0.3 is 9.88 Å². The van der Waals surface area contributed by atoms with Crippen molar-refractivity contribution in [2.75, 3.05) is 0 Å². The number of fused-ring (bicyclic) bond motifs is 8. The van der Waals surface area contributed by atoms with Gasteiger partial charge in [-0.15, -0.1) is 0 Å². The van der Waals surface area contributed by atoms with Gasteiger partial charge in [0.15, 0.2) is 0 Å². The summed E-state index contributed by atoms with van der Waals surface area (Å²) in [6.07, 6.45) is 4.33. The Balaban J connectivity index is 1.12. The van der Waals surface area contributed by atoms with Gasteiger partial charge >= 0.3 is 0 Å². The zero-order valence-electron chi connectivity index (χ0n) is 30.4. The van der Waals surface area contributed by atoms with Crippen LogP contribution >= 0.6 is 0 Å². The number of rotatable bonds is 4. The molecule has 9 aromatic rings. The molecule has 2 nitrogen and oxygen atoms in total. The Hall–Kier alpha value is -6.64. The van der Waals surface area contributed by atoms with E-state index in [2.05, 4.69) is 200 Å². The number of hydrogen-bond acceptors (Lipinski definition) is 1. The van der Waals surface area contributed by atoms with E-state index < -0.39 is 0 Å². The average Bonchev–Trinajstić information content (AvgIpc) is 3.68. The molecule has 0 unspecified atom stereocenters. The fourth-order valence-corrected chi connectivity index (χ4v) is 9.51. The molecule has 1 aliphatic heterocycles. The lowest BCUT2D eigenvalue weighted by atomic mass is 9.82. The molecule has 0 bridgehead atoms. The largest absolute Gasteiger partial charge is 0.387 e. The maximum absolute atomic E-state index is 3.52. The molecule has 0 saturated heterocycles. The van der Waals surface area contributed by atoms with Crippen molar-refractivity contribution in [2.24, 2.45) is 0 Å². The van der Waals surface area contributed by atoms with Crippen molar-refractivity contribution in [3.8, 4) is 50.2 Å². The lowest BCUT2D eigenvalue weighted by molar-refractivity contribution is 0.660. The quantitative estimate of drug-likeness (QED) is 0.182. The molecular formula is C52H38N2. The molecule has 0 saturated carbocycles. The van der Waals surface area contributed by atoms with Crippen LogP contribution in [0, 0.1) is 0 Å². The predicted octanol–water partition coefficient (Wildman–Crippen LogP) is 13.3. The van der Waals surface area contributed by atoms with Crippen LogP contribution in [-0.4, -0.2) is 4.57 Å². The van der Waals surface area contributed by atoms with Gasteiger partial charge in [0, 0.05) is 28.6 Å². The van der Waals surface area contributed by atoms with Crippen LogP contribution in [0.4, 0.5) is 0 Å². The van der Waals surface area contributed by atoms with Gasteiger partial charge in [-0.25, -0.2) is 0 Å². The second kappa shape index (κ2) is 11.7. The highest BCUT2D eigenvalue weighted by Gasteiger charge is 2.35. The zero-order chi connectivity index (χ0) is 36.0. The number of benzene rings is 8. The van der Waals surface area contributed by atoms with Crippen molar-refractivity contribution in [3.63, 3.8) is 0 Å². The first kappa shape index (κ1) is 30.9. The second-order valence-corrected chi connectivity index (χ2v) is 15.3. The lowest BCUT2D eigenvalue weighted by Gasteiger charge is -2.22. The SMILES string of the molecule is CC1(C)c2ccccc2-c2ccc(-n3c4c(c5cc(-c6ccc7c(-c8ccccc8)c8ccccc8c(-c8ccccc8)c7c6)ccc53)CNC=C4)cc21. The maximum Gasteiger partial charge on any atom is 0.0538 e. The Morgan fingerprint density at radius 1 is 0.481 bits per heavy atom. The van der Waals surface area contributed by atoms with Crippen molar-refractivity contribution in [2.45, 2.75) is 25.8 Å². The van der Waals surface area contributed by atoms with Gasteiger partial charge in [0.05, 0.1) is 11.2 Å². The van der Waals surface area contributed by atoms with E-state index in [0.717, 1.165) is 6.54 Å². The van der Waals surface area contributed by atoms with Crippen LogP contribution in [0.5, 0.6) is 0 Å². The van der Waals surface area contributed by atoms with Crippen molar-refractivity contribution >= 4 is 38.5 Å². The van der Waals surface area contributed by atoms with E-state index in [1.54, 1.807) is 0 Å². The van der Waals surface area contributed by atoms with E-state index in [1.165, 1.54) is 105 Å². The van der Waals surface area contributed by atoms with E-state index in [1.807, 2.05) is 0 Å². The third kappa shape index (κ3) is 4.47. The molecule has 1 aliphatic carbocycles. The Kier molecular flexibility index (Phi) is 6.69. The summed E-state index contributed by atoms with van der Waals surface area (Å²) in [6, 6.07) is 60.8. The van der Waals surface area contributed by atoms with Crippen LogP contribution in [0.1, 0.15) is 36.2 Å². The van der Waals surface area contributed by atoms with Crippen LogP contribution in [0.25, 0.3) is 88.7 Å². The van der Waals surface area contributed by atoms with E-state index in [4.69, 9.17) is 0 Å². The first-order chi connectivity index (χ1) is 26.6. The fraction of sp³-hybridized carbons (Fsp3) is 0.0769. The minimum atomic E-state index is -0.0596. The summed E-state index contributed by atoms with van der Waals surface area (Å²) in [6.45, 7) is 5.52. The minimum absolute atomic E-state index is 0.0596. The standard InChI is InChI=1S/C52H38N2/c1-52(2)46-20-12-11-17-38(46)39-25-23-37(31-47(39)52)54-48-26-22-36(29-43(48)45-32-53-28-27-49(45)54)35-21-24-42-44(30-35)51(34-15-7-4-8-16-34)41-19-10-9-18-40(41)50(42)33-13-5-3-6-14-33/h3-31,53H,32H2,1-2H3. The Morgan fingerprint density at radius 3 is 1.81 bits per heavy atom. The molecule has 54 heavy (non-hydrogen) atoms. The van der Waals surface area contributed by atoms with Crippen LogP contribution < -0.4 is 5.32 Å². The number of nitrogens with zero attached hydrogens (tertiary/aromatic N) is 1. The summed E-state index contributed by atoms with van der Waals surface area (Å²) in [5.41, 5.74) is 17.9. The average molecular weight is 691 g/mol. The van der Waals surface area contributed by atoms with Gasteiger partial charge in [-0.05, 0) is 120 Å². The summed E-state index contributed by atoms with van der Waals surface area (Å²) >= 11 is 0. The highest BCUT2D eigenvalue weighted by Crippen LogP contribution is 2.50. The molecule has 0 atom stereocenters. The summed E-state index contributed by atoms with van der Waals surface area (Å²) in [5, 5.41) is 9.88. The molecule has 8 aromatic carbocycles. The highest BCUT2D eigenvalue weighted by molar-refractivity contribution is 6.22. The summed E-state index contributed by atoms with van der Waals surface area (Å²) < 4.78 is 2.47. The lowest BCUT2D eigenvalue weighted by Crippen LogP contribution is -2.15. The van der Waals surface area contributed by atoms with Gasteiger partial charge in [0.1, 0.15) is 0 Å². The smallest absolute Gasteiger partial charge is 0.0538 e. The summed E-state index contributed by atoms with van der Waals surface area (Å²) in [5.74, 6) is 0. The third-order valence-electron chi connectivity index (χ3n) is 12.1. The molecule has 256 valence electrons. The van der Waals surface area contributed by atoms with Crippen molar-refractivity contribution < 1.29 is 0 Å². The zero-order valence-corrected chi connectivity index (χ0v) is 30.4. The second-order valence-electron chi connectivity index (χ2n) is 15.3. The normalized spacial score (nSPS) is 13.9. The molecule has 1 aromatic heterocycles. The monoisotopic (exact) mass is 690 g/mol. The van der Waals surface area contributed by atoms with E-state index in [9.17, 15) is 0 Å². The Bertz CT molecular complexity index is 3000. The molecule has 0 spiro atoms. The van der Waals surface area contributed by atoms with Gasteiger partial charge in [0.25, 0.3) is 0 Å². The number of aromatic nitrogens is 1. The van der Waals surface area contributed by atoms with E-state index in [-0.39, 0.29) is 5.41 Å². The van der Waals surface area contributed by atoms with Crippen molar-refractivity contribution in [1.82, 2.24) is 9.88 Å². The van der Waals surface area contributed by atoms with E-state index in [0.29, 0.717) is 0 Å². The fourth-order valence-electron chi connectivity index (χ4n) is 9.51. The Morgan fingerprint density at radius 2 is 1.07 bits per heavy atom. The van der Waals surface area contributed by atoms with Crippen LogP contribution in [-0.2, 0) is 12.0 Å². The molecular weight excluding hydrogens is 653 g/mol. The first-order valence-electron chi connectivity index (χ1n) is 19.0. The molecule has 2 aliphatic rings. The molecule has 2 heteroatoms. The van der Waals surface area contributed by atoms with Crippen molar-refractivity contribution in [1.29, 1.82) is 0 Å². The van der Waals surface area contributed by atoms with Gasteiger partial charge in [-0.1, -0.05) is 147 Å². The maximum atomic E-state index is 3.52. The van der Waals surface area contributed by atoms with Gasteiger partial charge in [0.2, 0.25) is 0 Å². The first-order valence-corrected chi connectivity index (χ1v) is 19.0. The summed E-state index contributed by atoms with van der Waals surface area (Å²) in [7, 11) is 0. The summed E-state index contributed by atoms with van der Waals surface area (Å²) in [4.78, 5) is 0. The molecule has 0 fully saturated rings. The number of hydrogen-bond donors (Lipinski definition) is 1. The third-order valence-corrected chi connectivity index (χ3v) is 12.1. The predicted molar refractivity (Wildman–Crippen MR) is 228 cm³/mol. The van der Waals surface area contributed by atoms with Crippen molar-refractivity contribution in [3.05, 3.63) is 192 Å². The molecule has 0 amide bonds. The minimum Gasteiger partial charge on any atom is -0.387 e. The van der Waals surface area contributed by atoms with Crippen LogP contribution in [0.3, 0.4) is 0 Å².